The number of halogens is 1. The molecule has 2 aromatic heterocycles. The molecule has 2 atom stereocenters. The number of methoxy groups -OCH3 is 2. The molecule has 5 rings (SSSR count). The summed E-state index contributed by atoms with van der Waals surface area (Å²) in [6.07, 6.45) is 1.79. The second-order valence-electron chi connectivity index (χ2n) is 9.51. The van der Waals surface area contributed by atoms with E-state index in [1.807, 2.05) is 48.5 Å². The van der Waals surface area contributed by atoms with E-state index in [9.17, 15) is 4.79 Å². The highest BCUT2D eigenvalue weighted by Crippen LogP contribution is 2.44. The van der Waals surface area contributed by atoms with E-state index in [1.165, 1.54) is 7.11 Å². The maximum absolute atomic E-state index is 12.1. The Morgan fingerprint density at radius 3 is 2.60 bits per heavy atom. The van der Waals surface area contributed by atoms with Crippen LogP contribution in [0.4, 0.5) is 11.4 Å². The molecule has 0 spiro atoms. The van der Waals surface area contributed by atoms with Crippen molar-refractivity contribution in [2.75, 3.05) is 31.0 Å². The van der Waals surface area contributed by atoms with Crippen LogP contribution >= 0.6 is 23.8 Å². The first-order chi connectivity index (χ1) is 19.3. The number of nitrogens with one attached hydrogen (secondary N) is 2. The molecule has 40 heavy (non-hydrogen) atoms. The molecule has 1 aliphatic rings. The highest BCUT2D eigenvalue weighted by molar-refractivity contribution is 7.80. The second kappa shape index (κ2) is 11.7. The maximum Gasteiger partial charge on any atom is 0.250 e. The molecule has 8 nitrogen and oxygen atoms in total. The zero-order chi connectivity index (χ0) is 28.4. The number of carbonyl (C=O) groups excluding carboxylic acids is 1. The Labute approximate surface area is 243 Å². The van der Waals surface area contributed by atoms with Crippen LogP contribution in [0.15, 0.2) is 72.9 Å². The third-order valence-electron chi connectivity index (χ3n) is 6.98. The average Bonchev–Trinajstić information content (AvgIpc) is 3.45. The second-order valence-corrected chi connectivity index (χ2v) is 10.3. The Morgan fingerprint density at radius 2 is 1.90 bits per heavy atom. The van der Waals surface area contributed by atoms with E-state index in [2.05, 4.69) is 51.1 Å². The van der Waals surface area contributed by atoms with E-state index < -0.39 is 0 Å². The summed E-state index contributed by atoms with van der Waals surface area (Å²) >= 11 is 12.5. The minimum atomic E-state index is -0.284. The van der Waals surface area contributed by atoms with Crippen LogP contribution in [0.1, 0.15) is 34.7 Å². The van der Waals surface area contributed by atoms with Crippen molar-refractivity contribution in [2.45, 2.75) is 25.9 Å². The standard InChI is InChI=1S/C30H30ClN5O3S/c1-18-14-23(19(2)35(18)20-8-7-9-22(15-20)39-4)29-28(26-10-5-6-13-32-26)34-30(40)36(29)21-11-12-25(24(31)16-21)33-27(37)17-38-3/h5-16,28-29H,17H2,1-4H3,(H,33,37)(H,34,40). The molecule has 206 valence electrons. The number of aryl methyl sites for hydroxylation is 1. The Kier molecular flexibility index (Phi) is 8.07. The summed E-state index contributed by atoms with van der Waals surface area (Å²) in [6, 6.07) is 21.1. The highest BCUT2D eigenvalue weighted by Gasteiger charge is 2.42. The van der Waals surface area contributed by atoms with Crippen molar-refractivity contribution in [1.82, 2.24) is 14.9 Å². The molecule has 0 radical (unpaired) electrons. The number of hydrogen-bond acceptors (Lipinski definition) is 5. The van der Waals surface area contributed by atoms with E-state index >= 15 is 0 Å². The zero-order valence-electron chi connectivity index (χ0n) is 22.6. The number of rotatable bonds is 8. The van der Waals surface area contributed by atoms with Gasteiger partial charge in [0.1, 0.15) is 12.4 Å². The number of aromatic nitrogens is 2. The normalized spacial score (nSPS) is 16.6. The minimum absolute atomic E-state index is 0.0606. The molecule has 3 heterocycles. The SMILES string of the molecule is COCC(=O)Nc1ccc(N2C(=S)NC(c3ccccn3)C2c2cc(C)n(-c3cccc(OC)c3)c2C)cc1Cl. The van der Waals surface area contributed by atoms with Crippen LogP contribution in [0.25, 0.3) is 5.69 Å². The first-order valence-corrected chi connectivity index (χ1v) is 13.5. The summed E-state index contributed by atoms with van der Waals surface area (Å²) < 4.78 is 12.6. The third-order valence-corrected chi connectivity index (χ3v) is 7.61. The molecule has 1 aliphatic heterocycles. The van der Waals surface area contributed by atoms with Gasteiger partial charge in [-0.15, -0.1) is 0 Å². The summed E-state index contributed by atoms with van der Waals surface area (Å²) in [7, 11) is 3.13. The lowest BCUT2D eigenvalue weighted by atomic mass is 9.96. The molecule has 0 saturated carbocycles. The highest BCUT2D eigenvalue weighted by atomic mass is 35.5. The summed E-state index contributed by atoms with van der Waals surface area (Å²) in [5, 5.41) is 7.23. The molecule has 2 N–H and O–H groups in total. The maximum atomic E-state index is 12.1. The molecule has 1 amide bonds. The van der Waals surface area contributed by atoms with Gasteiger partial charge in [0.25, 0.3) is 0 Å². The average molecular weight is 576 g/mol. The predicted molar refractivity (Wildman–Crippen MR) is 162 cm³/mol. The number of hydrogen-bond donors (Lipinski definition) is 2. The molecule has 1 saturated heterocycles. The predicted octanol–water partition coefficient (Wildman–Crippen LogP) is 5.91. The molecule has 0 aliphatic carbocycles. The molecular formula is C30H30ClN5O3S. The lowest BCUT2D eigenvalue weighted by Gasteiger charge is -2.28. The van der Waals surface area contributed by atoms with E-state index in [0.29, 0.717) is 15.8 Å². The molecule has 4 aromatic rings. The number of amides is 1. The van der Waals surface area contributed by atoms with Gasteiger partial charge in [0.05, 0.1) is 35.6 Å². The molecule has 2 unspecified atom stereocenters. The van der Waals surface area contributed by atoms with E-state index in [-0.39, 0.29) is 24.6 Å². The topological polar surface area (TPSA) is 80.7 Å². The lowest BCUT2D eigenvalue weighted by Crippen LogP contribution is -2.29. The minimum Gasteiger partial charge on any atom is -0.497 e. The van der Waals surface area contributed by atoms with Crippen LogP contribution in [-0.2, 0) is 9.53 Å². The van der Waals surface area contributed by atoms with Gasteiger partial charge in [-0.05, 0) is 80.2 Å². The fourth-order valence-electron chi connectivity index (χ4n) is 5.26. The number of ether oxygens (including phenoxy) is 2. The smallest absolute Gasteiger partial charge is 0.250 e. The fraction of sp³-hybridized carbons (Fsp3) is 0.233. The number of pyridine rings is 1. The number of thiocarbonyl (C=S) groups is 1. The van der Waals surface area contributed by atoms with Crippen molar-refractivity contribution in [3.8, 4) is 11.4 Å². The van der Waals surface area contributed by atoms with Gasteiger partial charge in [-0.1, -0.05) is 23.7 Å². The van der Waals surface area contributed by atoms with Gasteiger partial charge in [-0.2, -0.15) is 0 Å². The summed E-state index contributed by atoms with van der Waals surface area (Å²) in [5.74, 6) is 0.504. The summed E-state index contributed by atoms with van der Waals surface area (Å²) in [6.45, 7) is 4.14. The van der Waals surface area contributed by atoms with E-state index in [0.717, 1.165) is 39.8 Å². The van der Waals surface area contributed by atoms with Gasteiger partial charge in [0.2, 0.25) is 5.91 Å². The Balaban J connectivity index is 1.61. The van der Waals surface area contributed by atoms with Crippen LogP contribution in [0, 0.1) is 13.8 Å². The van der Waals surface area contributed by atoms with Crippen molar-refractivity contribution in [3.63, 3.8) is 0 Å². The van der Waals surface area contributed by atoms with Gasteiger partial charge in [-0.3, -0.25) is 9.78 Å². The number of carbonyl (C=O) groups is 1. The third kappa shape index (κ3) is 5.28. The fourth-order valence-corrected chi connectivity index (χ4v) is 5.82. The first kappa shape index (κ1) is 27.6. The van der Waals surface area contributed by atoms with Crippen molar-refractivity contribution in [1.29, 1.82) is 0 Å². The number of anilines is 2. The van der Waals surface area contributed by atoms with Gasteiger partial charge in [0.15, 0.2) is 5.11 Å². The van der Waals surface area contributed by atoms with Crippen molar-refractivity contribution >= 4 is 46.2 Å². The summed E-state index contributed by atoms with van der Waals surface area (Å²) in [5.41, 5.74) is 6.42. The van der Waals surface area contributed by atoms with Crippen LogP contribution in [0.3, 0.4) is 0 Å². The molecule has 10 heteroatoms. The lowest BCUT2D eigenvalue weighted by molar-refractivity contribution is -0.119. The van der Waals surface area contributed by atoms with Crippen molar-refractivity contribution < 1.29 is 14.3 Å². The Hall–Kier alpha value is -3.92. The van der Waals surface area contributed by atoms with Gasteiger partial charge in [0, 0.05) is 42.1 Å². The number of nitrogens with zero attached hydrogens (tertiary/aromatic N) is 3. The molecule has 0 bridgehead atoms. The van der Waals surface area contributed by atoms with E-state index in [1.54, 1.807) is 19.4 Å². The van der Waals surface area contributed by atoms with Crippen LogP contribution in [0.2, 0.25) is 5.02 Å². The molecule has 1 fully saturated rings. The van der Waals surface area contributed by atoms with Gasteiger partial charge in [-0.25, -0.2) is 0 Å². The van der Waals surface area contributed by atoms with Crippen LogP contribution in [-0.4, -0.2) is 41.4 Å². The van der Waals surface area contributed by atoms with E-state index in [4.69, 9.17) is 33.3 Å². The first-order valence-electron chi connectivity index (χ1n) is 12.7. The molecular weight excluding hydrogens is 546 g/mol. The van der Waals surface area contributed by atoms with Gasteiger partial charge < -0.3 is 29.6 Å². The monoisotopic (exact) mass is 575 g/mol. The van der Waals surface area contributed by atoms with Gasteiger partial charge >= 0.3 is 0 Å². The largest absolute Gasteiger partial charge is 0.497 e. The van der Waals surface area contributed by atoms with Crippen molar-refractivity contribution in [3.05, 3.63) is 101 Å². The summed E-state index contributed by atoms with van der Waals surface area (Å²) in [4.78, 5) is 18.8. The molecule has 2 aromatic carbocycles. The quantitative estimate of drug-likeness (QED) is 0.253. The Bertz CT molecular complexity index is 1560. The Morgan fingerprint density at radius 1 is 1.07 bits per heavy atom. The zero-order valence-corrected chi connectivity index (χ0v) is 24.2. The van der Waals surface area contributed by atoms with Crippen LogP contribution < -0.4 is 20.3 Å². The van der Waals surface area contributed by atoms with Crippen LogP contribution in [0.5, 0.6) is 5.75 Å². The van der Waals surface area contributed by atoms with Crippen molar-refractivity contribution in [2.24, 2.45) is 0 Å². The number of benzene rings is 2.